The van der Waals surface area contributed by atoms with Crippen LogP contribution in [0.2, 0.25) is 0 Å². The number of nitrogens with zero attached hydrogens (tertiary/aromatic N) is 2. The van der Waals surface area contributed by atoms with Gasteiger partial charge in [-0.05, 0) is 25.1 Å². The number of halogens is 2. The second-order valence-electron chi connectivity index (χ2n) is 5.34. The Labute approximate surface area is 125 Å². The summed E-state index contributed by atoms with van der Waals surface area (Å²) in [6, 6.07) is 3.58. The van der Waals surface area contributed by atoms with Crippen LogP contribution in [0.4, 0.5) is 8.78 Å². The van der Waals surface area contributed by atoms with E-state index in [1.807, 2.05) is 0 Å². The van der Waals surface area contributed by atoms with E-state index in [-0.39, 0.29) is 12.5 Å². The van der Waals surface area contributed by atoms with Gasteiger partial charge < -0.3 is 10.0 Å². The molecule has 1 amide bonds. The molecule has 0 spiro atoms. The number of aliphatic hydroxyl groups excluding tert-OH is 1. The van der Waals surface area contributed by atoms with Crippen molar-refractivity contribution in [1.82, 2.24) is 15.1 Å². The number of H-pyrrole nitrogens is 1. The van der Waals surface area contributed by atoms with Crippen LogP contribution in [0.1, 0.15) is 18.2 Å². The number of amides is 1. The topological polar surface area (TPSA) is 69.2 Å². The number of fused-ring (bicyclic) bond motifs is 1. The number of hydrogen-bond acceptors (Lipinski definition) is 3. The van der Waals surface area contributed by atoms with Crippen LogP contribution in [-0.4, -0.2) is 38.8 Å². The lowest BCUT2D eigenvalue weighted by Gasteiger charge is -2.28. The molecule has 5 nitrogen and oxygen atoms in total. The van der Waals surface area contributed by atoms with E-state index in [2.05, 4.69) is 10.2 Å². The second-order valence-corrected chi connectivity index (χ2v) is 5.34. The normalized spacial score (nSPS) is 15.5. The molecule has 2 N–H and O–H groups in total. The minimum atomic E-state index is -1.07. The first-order valence-electron chi connectivity index (χ1n) is 6.95. The SMILES string of the molecule is CC(O)C(=O)N1CCc2[nH]nc(-c3ccc(F)c(F)c3)c2C1. The van der Waals surface area contributed by atoms with E-state index in [1.54, 1.807) is 0 Å². The molecule has 0 radical (unpaired) electrons. The van der Waals surface area contributed by atoms with Gasteiger partial charge in [0.15, 0.2) is 11.6 Å². The fraction of sp³-hybridized carbons (Fsp3) is 0.333. The highest BCUT2D eigenvalue weighted by Gasteiger charge is 2.27. The average molecular weight is 307 g/mol. The predicted molar refractivity (Wildman–Crippen MR) is 74.7 cm³/mol. The predicted octanol–water partition coefficient (Wildman–Crippen LogP) is 1.62. The van der Waals surface area contributed by atoms with Crippen LogP contribution in [-0.2, 0) is 17.8 Å². The van der Waals surface area contributed by atoms with Gasteiger partial charge in [0.1, 0.15) is 6.10 Å². The third kappa shape index (κ3) is 2.48. The molecule has 1 atom stereocenters. The molecule has 2 aromatic rings. The molecule has 1 aromatic heterocycles. The zero-order chi connectivity index (χ0) is 15.9. The fourth-order valence-corrected chi connectivity index (χ4v) is 2.63. The Morgan fingerprint density at radius 1 is 1.41 bits per heavy atom. The first-order valence-corrected chi connectivity index (χ1v) is 6.95. The van der Waals surface area contributed by atoms with E-state index >= 15 is 0 Å². The van der Waals surface area contributed by atoms with Crippen LogP contribution in [0, 0.1) is 11.6 Å². The number of carbonyl (C=O) groups excluding carboxylic acids is 1. The summed E-state index contributed by atoms with van der Waals surface area (Å²) in [7, 11) is 0. The smallest absolute Gasteiger partial charge is 0.251 e. The highest BCUT2D eigenvalue weighted by atomic mass is 19.2. The molecule has 0 aliphatic carbocycles. The third-order valence-electron chi connectivity index (χ3n) is 3.80. The molecule has 2 heterocycles. The standard InChI is InChI=1S/C15H15F2N3O2/c1-8(21)15(22)20-5-4-13-10(7-20)14(19-18-13)9-2-3-11(16)12(17)6-9/h2-3,6,8,21H,4-5,7H2,1H3,(H,18,19). The molecule has 0 saturated carbocycles. The van der Waals surface area contributed by atoms with Gasteiger partial charge in [0.25, 0.3) is 5.91 Å². The Bertz CT molecular complexity index is 728. The maximum Gasteiger partial charge on any atom is 0.251 e. The minimum Gasteiger partial charge on any atom is -0.384 e. The molecular formula is C15H15F2N3O2. The van der Waals surface area contributed by atoms with Gasteiger partial charge in [-0.25, -0.2) is 8.78 Å². The molecule has 1 aliphatic heterocycles. The fourth-order valence-electron chi connectivity index (χ4n) is 2.63. The van der Waals surface area contributed by atoms with Crippen molar-refractivity contribution in [3.05, 3.63) is 41.1 Å². The highest BCUT2D eigenvalue weighted by molar-refractivity contribution is 5.81. The lowest BCUT2D eigenvalue weighted by Crippen LogP contribution is -2.41. The zero-order valence-corrected chi connectivity index (χ0v) is 11.9. The first-order chi connectivity index (χ1) is 10.5. The van der Waals surface area contributed by atoms with Crippen molar-refractivity contribution in [2.45, 2.75) is 26.0 Å². The van der Waals surface area contributed by atoms with Crippen molar-refractivity contribution in [2.75, 3.05) is 6.54 Å². The molecule has 0 saturated heterocycles. The first kappa shape index (κ1) is 14.6. The van der Waals surface area contributed by atoms with E-state index in [1.165, 1.54) is 17.9 Å². The zero-order valence-electron chi connectivity index (χ0n) is 11.9. The highest BCUT2D eigenvalue weighted by Crippen LogP contribution is 2.29. The maximum absolute atomic E-state index is 13.4. The summed E-state index contributed by atoms with van der Waals surface area (Å²) < 4.78 is 26.5. The van der Waals surface area contributed by atoms with Crippen LogP contribution >= 0.6 is 0 Å². The van der Waals surface area contributed by atoms with Crippen molar-refractivity contribution >= 4 is 5.91 Å². The Morgan fingerprint density at radius 2 is 2.18 bits per heavy atom. The summed E-state index contributed by atoms with van der Waals surface area (Å²) in [4.78, 5) is 13.4. The molecule has 0 bridgehead atoms. The summed E-state index contributed by atoms with van der Waals surface area (Å²) in [5.41, 5.74) is 2.58. The monoisotopic (exact) mass is 307 g/mol. The number of nitrogens with one attached hydrogen (secondary N) is 1. The molecule has 3 rings (SSSR count). The summed E-state index contributed by atoms with van der Waals surface area (Å²) in [5.74, 6) is -2.22. The quantitative estimate of drug-likeness (QED) is 0.886. The van der Waals surface area contributed by atoms with Crippen LogP contribution in [0.3, 0.4) is 0 Å². The van der Waals surface area contributed by atoms with Crippen molar-refractivity contribution in [1.29, 1.82) is 0 Å². The number of rotatable bonds is 2. The maximum atomic E-state index is 13.4. The van der Waals surface area contributed by atoms with Crippen molar-refractivity contribution in [3.8, 4) is 11.3 Å². The van der Waals surface area contributed by atoms with E-state index < -0.39 is 17.7 Å². The van der Waals surface area contributed by atoms with Gasteiger partial charge in [0.2, 0.25) is 0 Å². The lowest BCUT2D eigenvalue weighted by molar-refractivity contribution is -0.140. The summed E-state index contributed by atoms with van der Waals surface area (Å²) in [6.07, 6.45) is -0.495. The number of benzene rings is 1. The van der Waals surface area contributed by atoms with Gasteiger partial charge in [-0.3, -0.25) is 9.89 Å². The summed E-state index contributed by atoms with van der Waals surface area (Å²) >= 11 is 0. The molecule has 1 unspecified atom stereocenters. The van der Waals surface area contributed by atoms with Crippen molar-refractivity contribution < 1.29 is 18.7 Å². The minimum absolute atomic E-state index is 0.282. The van der Waals surface area contributed by atoms with Crippen molar-refractivity contribution in [2.24, 2.45) is 0 Å². The number of aromatic amines is 1. The average Bonchev–Trinajstić information content (AvgIpc) is 2.92. The van der Waals surface area contributed by atoms with E-state index in [0.29, 0.717) is 24.2 Å². The van der Waals surface area contributed by atoms with E-state index in [0.717, 1.165) is 23.4 Å². The number of hydrogen-bond donors (Lipinski definition) is 2. The Balaban J connectivity index is 1.95. The van der Waals surface area contributed by atoms with Crippen LogP contribution < -0.4 is 0 Å². The molecule has 116 valence electrons. The Kier molecular flexibility index (Phi) is 3.66. The van der Waals surface area contributed by atoms with Gasteiger partial charge in [-0.1, -0.05) is 0 Å². The Morgan fingerprint density at radius 3 is 2.86 bits per heavy atom. The van der Waals surface area contributed by atoms with Crippen LogP contribution in [0.5, 0.6) is 0 Å². The molecular weight excluding hydrogens is 292 g/mol. The third-order valence-corrected chi connectivity index (χ3v) is 3.80. The number of carbonyl (C=O) groups is 1. The Hall–Kier alpha value is -2.28. The summed E-state index contributed by atoms with van der Waals surface area (Å²) in [5, 5.41) is 16.5. The largest absolute Gasteiger partial charge is 0.384 e. The van der Waals surface area contributed by atoms with Gasteiger partial charge in [0.05, 0.1) is 5.69 Å². The molecule has 1 aromatic carbocycles. The van der Waals surface area contributed by atoms with Gasteiger partial charge in [-0.15, -0.1) is 0 Å². The van der Waals surface area contributed by atoms with E-state index in [9.17, 15) is 18.7 Å². The van der Waals surface area contributed by atoms with Gasteiger partial charge in [0, 0.05) is 36.3 Å². The van der Waals surface area contributed by atoms with Gasteiger partial charge >= 0.3 is 0 Å². The summed E-state index contributed by atoms with van der Waals surface area (Å²) in [6.45, 7) is 2.18. The van der Waals surface area contributed by atoms with Crippen LogP contribution in [0.15, 0.2) is 18.2 Å². The molecule has 0 fully saturated rings. The van der Waals surface area contributed by atoms with Crippen molar-refractivity contribution in [3.63, 3.8) is 0 Å². The van der Waals surface area contributed by atoms with Gasteiger partial charge in [-0.2, -0.15) is 5.10 Å². The molecule has 7 heteroatoms. The lowest BCUT2D eigenvalue weighted by atomic mass is 10.0. The van der Waals surface area contributed by atoms with E-state index in [4.69, 9.17) is 0 Å². The number of aliphatic hydroxyl groups is 1. The molecule has 22 heavy (non-hydrogen) atoms. The number of aromatic nitrogens is 2. The second kappa shape index (κ2) is 5.49. The van der Waals surface area contributed by atoms with Crippen LogP contribution in [0.25, 0.3) is 11.3 Å². The molecule has 1 aliphatic rings.